The van der Waals surface area contributed by atoms with E-state index in [9.17, 15) is 28.8 Å². The predicted octanol–water partition coefficient (Wildman–Crippen LogP) is 10.4. The standard InChI is InChI=1S/C51H55IO12/c1-6-34-24-48(21-10-22-50(27-34,30-48)61-44(55)37-13-17-40(18-14-37)59-42(53)32(2)3)46(57)63-52(39-11-8-7-9-12-39)64-47(58)49-25-35-23-36(26-49)29-51(28-35,31-49)62-45(56)38-15-19-41(20-16-38)60-43(54)33(4)5/h7-9,11-20,34-36H,2,4,6,10,21-31H2,1,3,5H3. The third-order valence-electron chi connectivity index (χ3n) is 13.8. The van der Waals surface area contributed by atoms with Crippen molar-refractivity contribution in [2.45, 2.75) is 115 Å². The Kier molecular flexibility index (Phi) is 12.7. The topological polar surface area (TPSA) is 158 Å². The zero-order chi connectivity index (χ0) is 45.4. The fourth-order valence-corrected chi connectivity index (χ4v) is 14.6. The van der Waals surface area contributed by atoms with Gasteiger partial charge < -0.3 is 0 Å². The van der Waals surface area contributed by atoms with Crippen molar-refractivity contribution in [1.29, 1.82) is 0 Å². The van der Waals surface area contributed by atoms with Gasteiger partial charge in [-0.15, -0.1) is 0 Å². The zero-order valence-corrected chi connectivity index (χ0v) is 38.8. The van der Waals surface area contributed by atoms with Gasteiger partial charge in [0, 0.05) is 11.1 Å². The van der Waals surface area contributed by atoms with Crippen molar-refractivity contribution < 1.29 is 53.8 Å². The number of ether oxygens (including phenoxy) is 4. The summed E-state index contributed by atoms with van der Waals surface area (Å²) in [6.45, 7) is 12.4. The minimum atomic E-state index is -3.48. The van der Waals surface area contributed by atoms with Crippen LogP contribution in [0.25, 0.3) is 0 Å². The van der Waals surface area contributed by atoms with Crippen molar-refractivity contribution >= 4 is 56.5 Å². The fourth-order valence-electron chi connectivity index (χ4n) is 11.4. The molecule has 0 heterocycles. The second-order valence-electron chi connectivity index (χ2n) is 19.0. The Morgan fingerprint density at radius 1 is 0.609 bits per heavy atom. The third-order valence-corrected chi connectivity index (χ3v) is 17.2. The Morgan fingerprint density at radius 2 is 1.11 bits per heavy atom. The van der Waals surface area contributed by atoms with Gasteiger partial charge in [-0.1, -0.05) is 13.2 Å². The van der Waals surface area contributed by atoms with Crippen LogP contribution in [0.3, 0.4) is 0 Å². The maximum atomic E-state index is 14.8. The number of hydrogen-bond acceptors (Lipinski definition) is 12. The van der Waals surface area contributed by atoms with E-state index in [0.29, 0.717) is 85.3 Å². The SMILES string of the molecule is C=C(C)C(=O)Oc1ccc(C(=O)OC23CCCC(C(=O)OI(OC(=O)C45CC6CC(CC(OC(=O)c7ccc(OC(=O)C(=C)C)cc7)(C6)C4)C5)c4ccccc4)(CC(CC)C2)C3)cc1. The van der Waals surface area contributed by atoms with E-state index in [1.54, 1.807) is 38.1 Å². The van der Waals surface area contributed by atoms with E-state index < -0.39 is 78.5 Å². The van der Waals surface area contributed by atoms with Crippen LogP contribution in [-0.2, 0) is 34.8 Å². The summed E-state index contributed by atoms with van der Waals surface area (Å²) in [6.07, 6.45) is 7.83. The number of carbonyl (C=O) groups excluding carboxylic acids is 6. The summed E-state index contributed by atoms with van der Waals surface area (Å²) in [4.78, 5) is 81.0. The molecule has 3 aromatic rings. The van der Waals surface area contributed by atoms with Gasteiger partial charge in [0.2, 0.25) is 0 Å². The van der Waals surface area contributed by atoms with Crippen LogP contribution in [0.1, 0.15) is 125 Å². The van der Waals surface area contributed by atoms with Crippen LogP contribution in [0.15, 0.2) is 103 Å². The molecule has 6 aliphatic carbocycles. The number of carbonyl (C=O) groups is 6. The average Bonchev–Trinajstić information content (AvgIpc) is 3.25. The van der Waals surface area contributed by atoms with Gasteiger partial charge in [0.1, 0.15) is 0 Å². The van der Waals surface area contributed by atoms with Crippen molar-refractivity contribution in [3.8, 4) is 11.5 Å². The van der Waals surface area contributed by atoms with Crippen LogP contribution >= 0.6 is 20.6 Å². The molecular formula is C51H55IO12. The van der Waals surface area contributed by atoms with Gasteiger partial charge in [-0.25, -0.2) is 9.59 Å². The molecule has 0 amide bonds. The van der Waals surface area contributed by atoms with Crippen molar-refractivity contribution in [2.24, 2.45) is 28.6 Å². The van der Waals surface area contributed by atoms with Gasteiger partial charge in [0.25, 0.3) is 0 Å². The average molecular weight is 987 g/mol. The summed E-state index contributed by atoms with van der Waals surface area (Å²) in [5, 5.41) is 0. The summed E-state index contributed by atoms with van der Waals surface area (Å²) in [5.74, 6) is -2.03. The maximum absolute atomic E-state index is 14.8. The summed E-state index contributed by atoms with van der Waals surface area (Å²) in [6, 6.07) is 21.6. The molecule has 0 radical (unpaired) electrons. The van der Waals surface area contributed by atoms with Crippen molar-refractivity contribution in [3.63, 3.8) is 0 Å². The number of halogens is 1. The molecule has 12 nitrogen and oxygen atoms in total. The number of rotatable bonds is 14. The third kappa shape index (κ3) is 9.41. The zero-order valence-electron chi connectivity index (χ0n) is 36.6. The number of benzene rings is 3. The van der Waals surface area contributed by atoms with Gasteiger partial charge in [-0.3, -0.25) is 0 Å². The molecule has 6 bridgehead atoms. The number of hydrogen-bond donors (Lipinski definition) is 0. The molecule has 5 atom stereocenters. The molecule has 64 heavy (non-hydrogen) atoms. The van der Waals surface area contributed by atoms with Crippen LogP contribution in [0.4, 0.5) is 0 Å². The first-order valence-electron chi connectivity index (χ1n) is 22.1. The second-order valence-corrected chi connectivity index (χ2v) is 22.4. The molecule has 0 aromatic heterocycles. The van der Waals surface area contributed by atoms with Crippen molar-refractivity contribution in [3.05, 3.63) is 118 Å². The van der Waals surface area contributed by atoms with Gasteiger partial charge >= 0.3 is 336 Å². The molecule has 5 unspecified atom stereocenters. The van der Waals surface area contributed by atoms with Gasteiger partial charge in [-0.05, 0) is 13.8 Å². The summed E-state index contributed by atoms with van der Waals surface area (Å²) < 4.78 is 37.1. The van der Waals surface area contributed by atoms with Crippen LogP contribution < -0.4 is 9.47 Å². The van der Waals surface area contributed by atoms with E-state index in [4.69, 9.17) is 25.1 Å². The monoisotopic (exact) mass is 986 g/mol. The Labute approximate surface area is 381 Å². The van der Waals surface area contributed by atoms with E-state index in [-0.39, 0.29) is 40.4 Å². The quantitative estimate of drug-likeness (QED) is 0.0653. The van der Waals surface area contributed by atoms with E-state index in [1.165, 1.54) is 24.3 Å². The molecule has 9 rings (SSSR count). The van der Waals surface area contributed by atoms with Gasteiger partial charge in [0.15, 0.2) is 0 Å². The first-order valence-corrected chi connectivity index (χ1v) is 25.0. The molecule has 3 aromatic carbocycles. The number of esters is 4. The van der Waals surface area contributed by atoms with Gasteiger partial charge in [0.05, 0.1) is 0 Å². The summed E-state index contributed by atoms with van der Waals surface area (Å²) in [7, 11) is 0. The summed E-state index contributed by atoms with van der Waals surface area (Å²) >= 11 is -3.48. The molecule has 0 saturated heterocycles. The molecule has 6 aliphatic rings. The number of fused-ring (bicyclic) bond motifs is 2. The molecule has 0 spiro atoms. The predicted molar refractivity (Wildman–Crippen MR) is 242 cm³/mol. The molecule has 6 fully saturated rings. The Balaban J connectivity index is 0.983. The molecule has 6 saturated carbocycles. The summed E-state index contributed by atoms with van der Waals surface area (Å²) in [5.41, 5.74) is -2.49. The molecular weight excluding hydrogens is 931 g/mol. The Hall–Kier alpha value is -5.31. The van der Waals surface area contributed by atoms with Crippen LogP contribution in [-0.4, -0.2) is 47.0 Å². The van der Waals surface area contributed by atoms with E-state index >= 15 is 0 Å². The second kappa shape index (κ2) is 17.9. The molecule has 0 N–H and O–H groups in total. The first-order chi connectivity index (χ1) is 30.5. The minimum absolute atomic E-state index is 0.0859. The van der Waals surface area contributed by atoms with Crippen LogP contribution in [0.5, 0.6) is 11.5 Å². The molecule has 13 heteroatoms. The fraction of sp³-hybridized carbons (Fsp3) is 0.451. The van der Waals surface area contributed by atoms with Crippen molar-refractivity contribution in [1.82, 2.24) is 0 Å². The van der Waals surface area contributed by atoms with E-state index in [2.05, 4.69) is 20.1 Å². The first kappa shape index (κ1) is 45.3. The van der Waals surface area contributed by atoms with E-state index in [0.717, 1.165) is 12.8 Å². The van der Waals surface area contributed by atoms with Gasteiger partial charge in [-0.2, -0.15) is 0 Å². The Morgan fingerprint density at radius 3 is 1.62 bits per heavy atom. The molecule has 338 valence electrons. The molecule has 0 aliphatic heterocycles. The van der Waals surface area contributed by atoms with Crippen molar-refractivity contribution in [2.75, 3.05) is 0 Å². The Bertz CT molecular complexity index is 2340. The normalized spacial score (nSPS) is 28.7. The van der Waals surface area contributed by atoms with E-state index in [1.807, 2.05) is 30.3 Å². The van der Waals surface area contributed by atoms with Crippen LogP contribution in [0, 0.1) is 32.2 Å². The van der Waals surface area contributed by atoms with Crippen LogP contribution in [0.2, 0.25) is 0 Å².